The van der Waals surface area contributed by atoms with Crippen LogP contribution in [0.1, 0.15) is 33.6 Å². The van der Waals surface area contributed by atoms with Crippen LogP contribution in [0.25, 0.3) is 0 Å². The van der Waals surface area contributed by atoms with Gasteiger partial charge in [0.05, 0.1) is 0 Å². The Morgan fingerprint density at radius 2 is 2.00 bits per heavy atom. The Balaban J connectivity index is 2.85. The second-order valence-corrected chi connectivity index (χ2v) is 5.10. The van der Waals surface area contributed by atoms with Gasteiger partial charge in [0.1, 0.15) is 0 Å². The molecule has 0 fully saturated rings. The maximum Gasteiger partial charge on any atom is 0.166 e. The lowest BCUT2D eigenvalue weighted by molar-refractivity contribution is 0.479. The van der Waals surface area contributed by atoms with Crippen LogP contribution in [-0.4, -0.2) is 18.1 Å². The minimum atomic E-state index is -0.257. The Kier molecular flexibility index (Phi) is 5.89. The molecule has 1 aromatic rings. The van der Waals surface area contributed by atoms with Crippen molar-refractivity contribution in [1.29, 1.82) is 0 Å². The van der Waals surface area contributed by atoms with Gasteiger partial charge >= 0.3 is 0 Å². The van der Waals surface area contributed by atoms with Crippen molar-refractivity contribution >= 4 is 21.7 Å². The molecular weight excluding hydrogens is 283 g/mol. The topological polar surface area (TPSA) is 16.1 Å². The van der Waals surface area contributed by atoms with Crippen LogP contribution in [0.5, 0.6) is 0 Å². The molecule has 1 rings (SSSR count). The first-order valence-electron chi connectivity index (χ1n) is 6.18. The highest BCUT2D eigenvalue weighted by Crippen LogP contribution is 2.22. The summed E-state index contributed by atoms with van der Waals surface area (Å²) in [4.78, 5) is 6.19. The summed E-state index contributed by atoms with van der Waals surface area (Å²) in [6.07, 6.45) is 3.88. The molecule has 0 N–H and O–H groups in total. The van der Waals surface area contributed by atoms with Crippen LogP contribution in [0, 0.1) is 11.7 Å². The van der Waals surface area contributed by atoms with Gasteiger partial charge in [0, 0.05) is 23.8 Å². The Bertz CT molecular complexity index is 353. The van der Waals surface area contributed by atoms with Gasteiger partial charge < -0.3 is 4.90 Å². The molecule has 0 bridgehead atoms. The van der Waals surface area contributed by atoms with E-state index in [0.717, 1.165) is 25.9 Å². The zero-order valence-electron chi connectivity index (χ0n) is 10.7. The van der Waals surface area contributed by atoms with Gasteiger partial charge in [-0.1, -0.05) is 26.7 Å². The lowest BCUT2D eigenvalue weighted by atomic mass is 10.0. The number of pyridine rings is 1. The largest absolute Gasteiger partial charge is 0.354 e. The molecule has 0 saturated heterocycles. The second kappa shape index (κ2) is 6.94. The quantitative estimate of drug-likeness (QED) is 0.781. The molecule has 0 amide bonds. The van der Waals surface area contributed by atoms with Crippen molar-refractivity contribution < 1.29 is 4.39 Å². The van der Waals surface area contributed by atoms with Crippen molar-refractivity contribution in [3.8, 4) is 0 Å². The third kappa shape index (κ3) is 3.95. The van der Waals surface area contributed by atoms with E-state index in [9.17, 15) is 4.39 Å². The molecule has 0 radical (unpaired) electrons. The minimum Gasteiger partial charge on any atom is -0.354 e. The summed E-state index contributed by atoms with van der Waals surface area (Å²) in [5.41, 5.74) is 0. The van der Waals surface area contributed by atoms with E-state index in [1.54, 1.807) is 6.20 Å². The highest BCUT2D eigenvalue weighted by atomic mass is 79.9. The molecular formula is C13H20BrFN2. The number of aromatic nitrogens is 1. The van der Waals surface area contributed by atoms with Gasteiger partial charge in [0.2, 0.25) is 0 Å². The van der Waals surface area contributed by atoms with Gasteiger partial charge in [0.25, 0.3) is 0 Å². The molecule has 0 aliphatic carbocycles. The zero-order chi connectivity index (χ0) is 12.8. The van der Waals surface area contributed by atoms with Gasteiger partial charge in [-0.3, -0.25) is 0 Å². The number of anilines is 1. The summed E-state index contributed by atoms with van der Waals surface area (Å²) >= 11 is 3.22. The fourth-order valence-corrected chi connectivity index (χ4v) is 2.17. The van der Waals surface area contributed by atoms with Crippen LogP contribution in [-0.2, 0) is 0 Å². The molecule has 1 heterocycles. The predicted octanol–water partition coefficient (Wildman–Crippen LogP) is 4.25. The molecule has 2 nitrogen and oxygen atoms in total. The maximum atomic E-state index is 13.8. The van der Waals surface area contributed by atoms with Crippen molar-refractivity contribution in [1.82, 2.24) is 4.98 Å². The molecule has 1 aromatic heterocycles. The third-order valence-electron chi connectivity index (χ3n) is 3.10. The Morgan fingerprint density at radius 1 is 1.35 bits per heavy atom. The average molecular weight is 303 g/mol. The fourth-order valence-electron chi connectivity index (χ4n) is 1.86. The normalized spacial score (nSPS) is 10.9. The first kappa shape index (κ1) is 14.4. The highest BCUT2D eigenvalue weighted by Gasteiger charge is 2.15. The summed E-state index contributed by atoms with van der Waals surface area (Å²) in [7, 11) is 0. The molecule has 0 unspecified atom stereocenters. The van der Waals surface area contributed by atoms with E-state index in [2.05, 4.69) is 34.8 Å². The molecule has 0 spiro atoms. The summed E-state index contributed by atoms with van der Waals surface area (Å²) in [6, 6.07) is 1.47. The van der Waals surface area contributed by atoms with E-state index in [0.29, 0.717) is 16.2 Å². The van der Waals surface area contributed by atoms with Crippen molar-refractivity contribution in [3.63, 3.8) is 0 Å². The molecule has 0 saturated carbocycles. The molecule has 0 atom stereocenters. The number of hydrogen-bond acceptors (Lipinski definition) is 2. The maximum absolute atomic E-state index is 13.8. The van der Waals surface area contributed by atoms with Gasteiger partial charge in [-0.05, 0) is 34.8 Å². The zero-order valence-corrected chi connectivity index (χ0v) is 12.3. The Labute approximate surface area is 111 Å². The third-order valence-corrected chi connectivity index (χ3v) is 3.54. The van der Waals surface area contributed by atoms with Crippen molar-refractivity contribution in [2.75, 3.05) is 18.0 Å². The van der Waals surface area contributed by atoms with Crippen LogP contribution in [0.4, 0.5) is 10.2 Å². The summed E-state index contributed by atoms with van der Waals surface area (Å²) in [5.74, 6) is 0.801. The average Bonchev–Trinajstić information content (AvgIpc) is 2.32. The van der Waals surface area contributed by atoms with Crippen LogP contribution >= 0.6 is 15.9 Å². The molecule has 0 aliphatic rings. The smallest absolute Gasteiger partial charge is 0.166 e. The first-order valence-corrected chi connectivity index (χ1v) is 6.97. The summed E-state index contributed by atoms with van der Waals surface area (Å²) in [6.45, 7) is 8.03. The Morgan fingerprint density at radius 3 is 2.47 bits per heavy atom. The molecule has 96 valence electrons. The van der Waals surface area contributed by atoms with Gasteiger partial charge in [-0.2, -0.15) is 0 Å². The van der Waals surface area contributed by atoms with Gasteiger partial charge in [-0.15, -0.1) is 0 Å². The number of hydrogen-bond donors (Lipinski definition) is 0. The van der Waals surface area contributed by atoms with Crippen LogP contribution in [0.3, 0.4) is 0 Å². The predicted molar refractivity (Wildman–Crippen MR) is 73.9 cm³/mol. The second-order valence-electron chi connectivity index (χ2n) is 4.18. The molecule has 0 aromatic carbocycles. The minimum absolute atomic E-state index is 0.257. The fraction of sp³-hybridized carbons (Fsp3) is 0.615. The monoisotopic (exact) mass is 302 g/mol. The number of rotatable bonds is 6. The van der Waals surface area contributed by atoms with Crippen molar-refractivity contribution in [3.05, 3.63) is 22.6 Å². The van der Waals surface area contributed by atoms with E-state index in [1.807, 2.05) is 11.8 Å². The van der Waals surface area contributed by atoms with E-state index in [1.165, 1.54) is 6.07 Å². The first-order chi connectivity index (χ1) is 8.12. The highest BCUT2D eigenvalue weighted by molar-refractivity contribution is 9.10. The van der Waals surface area contributed by atoms with Crippen molar-refractivity contribution in [2.24, 2.45) is 5.92 Å². The lowest BCUT2D eigenvalue weighted by Gasteiger charge is -2.26. The summed E-state index contributed by atoms with van der Waals surface area (Å²) in [5, 5.41) is 0. The SMILES string of the molecule is CCC(CC)CN(CC)c1ncc(Br)cc1F. The lowest BCUT2D eigenvalue weighted by Crippen LogP contribution is -2.30. The van der Waals surface area contributed by atoms with Crippen molar-refractivity contribution in [2.45, 2.75) is 33.6 Å². The van der Waals surface area contributed by atoms with E-state index < -0.39 is 0 Å². The van der Waals surface area contributed by atoms with Gasteiger partial charge in [-0.25, -0.2) is 9.37 Å². The van der Waals surface area contributed by atoms with Crippen LogP contribution in [0.15, 0.2) is 16.7 Å². The van der Waals surface area contributed by atoms with E-state index in [-0.39, 0.29) is 5.82 Å². The molecule has 4 heteroatoms. The standard InChI is InChI=1S/C13H20BrFN2/c1-4-10(5-2)9-17(6-3)13-12(15)7-11(14)8-16-13/h7-8,10H,4-6,9H2,1-3H3. The van der Waals surface area contributed by atoms with Crippen LogP contribution < -0.4 is 4.90 Å². The van der Waals surface area contributed by atoms with E-state index >= 15 is 0 Å². The van der Waals surface area contributed by atoms with Gasteiger partial charge in [0.15, 0.2) is 11.6 Å². The molecule has 17 heavy (non-hydrogen) atoms. The van der Waals surface area contributed by atoms with E-state index in [4.69, 9.17) is 0 Å². The molecule has 0 aliphatic heterocycles. The Hall–Kier alpha value is -0.640. The summed E-state index contributed by atoms with van der Waals surface area (Å²) < 4.78 is 14.5. The number of nitrogens with zero attached hydrogens (tertiary/aromatic N) is 2. The van der Waals surface area contributed by atoms with Crippen LogP contribution in [0.2, 0.25) is 0 Å². The number of halogens is 2.